The Hall–Kier alpha value is -2.93. The van der Waals surface area contributed by atoms with E-state index in [-0.39, 0.29) is 23.5 Å². The molecule has 0 fully saturated rings. The molecule has 1 N–H and O–H groups in total. The number of hydrogen-bond acceptors (Lipinski definition) is 3. The van der Waals surface area contributed by atoms with Crippen LogP contribution in [0, 0.1) is 20.8 Å². The molecule has 0 bridgehead atoms. The summed E-state index contributed by atoms with van der Waals surface area (Å²) in [6.45, 7) is 5.92. The fourth-order valence-corrected chi connectivity index (χ4v) is 5.68. The first kappa shape index (κ1) is 24.2. The van der Waals surface area contributed by atoms with Crippen LogP contribution in [-0.4, -0.2) is 24.3 Å². The lowest BCUT2D eigenvalue weighted by Crippen LogP contribution is -2.34. The second-order valence-electron chi connectivity index (χ2n) is 8.60. The van der Waals surface area contributed by atoms with Crippen molar-refractivity contribution in [1.29, 1.82) is 0 Å². The van der Waals surface area contributed by atoms with Gasteiger partial charge < -0.3 is 4.98 Å². The van der Waals surface area contributed by atoms with E-state index < -0.39 is 10.0 Å². The van der Waals surface area contributed by atoms with Gasteiger partial charge in [-0.25, -0.2) is 8.42 Å². The van der Waals surface area contributed by atoms with Crippen molar-refractivity contribution in [3.63, 3.8) is 0 Å². The predicted octanol–water partition coefficient (Wildman–Crippen LogP) is 5.54. The summed E-state index contributed by atoms with van der Waals surface area (Å²) in [5.41, 5.74) is 4.68. The van der Waals surface area contributed by atoms with Gasteiger partial charge in [-0.3, -0.25) is 4.79 Å². The molecule has 0 atom stereocenters. The van der Waals surface area contributed by atoms with Crippen LogP contribution in [0.3, 0.4) is 0 Å². The van der Waals surface area contributed by atoms with Crippen molar-refractivity contribution < 1.29 is 8.42 Å². The number of hydrogen-bond donors (Lipinski definition) is 1. The number of nitrogens with zero attached hydrogens (tertiary/aromatic N) is 1. The number of aryl methyl sites for hydroxylation is 3. The number of H-pyrrole nitrogens is 1. The average molecular weight is 495 g/mol. The largest absolute Gasteiger partial charge is 0.321 e. The summed E-state index contributed by atoms with van der Waals surface area (Å²) < 4.78 is 28.7. The Morgan fingerprint density at radius 2 is 1.56 bits per heavy atom. The number of halogens is 1. The zero-order chi connectivity index (χ0) is 24.5. The van der Waals surface area contributed by atoms with Gasteiger partial charge in [0.25, 0.3) is 5.56 Å². The molecule has 3 aromatic carbocycles. The van der Waals surface area contributed by atoms with E-state index in [1.807, 2.05) is 69.3 Å². The van der Waals surface area contributed by atoms with Gasteiger partial charge in [-0.2, -0.15) is 4.31 Å². The first-order chi connectivity index (χ1) is 16.2. The number of rotatable bonds is 7. The van der Waals surface area contributed by atoms with Gasteiger partial charge >= 0.3 is 0 Å². The molecular weight excluding hydrogens is 468 g/mol. The van der Waals surface area contributed by atoms with Crippen LogP contribution < -0.4 is 5.56 Å². The lowest BCUT2D eigenvalue weighted by Gasteiger charge is -2.23. The molecule has 0 aliphatic heterocycles. The highest BCUT2D eigenvalue weighted by Gasteiger charge is 2.26. The van der Waals surface area contributed by atoms with Crippen LogP contribution in [0.1, 0.15) is 27.8 Å². The molecule has 4 rings (SSSR count). The minimum absolute atomic E-state index is 0.0423. The van der Waals surface area contributed by atoms with E-state index in [0.29, 0.717) is 17.0 Å². The standard InChI is InChI=1S/C27H27ClN2O3S/c1-18-9-10-20(3)26-24(18)15-22(27(31)29-26)17-30(14-13-21-7-5-4-6-8-21)34(32,33)23-12-11-19(2)25(28)16-23/h4-12,15-16H,13-14,17H2,1-3H3,(H,29,31). The van der Waals surface area contributed by atoms with Gasteiger partial charge in [-0.1, -0.05) is 60.1 Å². The van der Waals surface area contributed by atoms with E-state index in [0.717, 1.165) is 33.2 Å². The molecule has 0 unspecified atom stereocenters. The molecule has 0 saturated heterocycles. The van der Waals surface area contributed by atoms with Crippen LogP contribution in [0.4, 0.5) is 0 Å². The lowest BCUT2D eigenvalue weighted by atomic mass is 10.0. The number of benzene rings is 3. The highest BCUT2D eigenvalue weighted by molar-refractivity contribution is 7.89. The molecule has 5 nitrogen and oxygen atoms in total. The van der Waals surface area contributed by atoms with Crippen molar-refractivity contribution in [2.75, 3.05) is 6.54 Å². The van der Waals surface area contributed by atoms with Crippen LogP contribution in [0.15, 0.2) is 76.4 Å². The van der Waals surface area contributed by atoms with Crippen molar-refractivity contribution >= 4 is 32.5 Å². The van der Waals surface area contributed by atoms with Gasteiger partial charge in [-0.15, -0.1) is 0 Å². The molecule has 34 heavy (non-hydrogen) atoms. The Morgan fingerprint density at radius 3 is 2.26 bits per heavy atom. The molecule has 0 aliphatic carbocycles. The third kappa shape index (κ3) is 4.94. The van der Waals surface area contributed by atoms with Crippen molar-refractivity contribution in [2.24, 2.45) is 0 Å². The fraction of sp³-hybridized carbons (Fsp3) is 0.222. The first-order valence-electron chi connectivity index (χ1n) is 11.1. The van der Waals surface area contributed by atoms with Gasteiger partial charge in [-0.05, 0) is 67.6 Å². The normalized spacial score (nSPS) is 11.9. The minimum atomic E-state index is -3.90. The lowest BCUT2D eigenvalue weighted by molar-refractivity contribution is 0.408. The monoisotopic (exact) mass is 494 g/mol. The maximum atomic E-state index is 13.7. The topological polar surface area (TPSA) is 70.2 Å². The van der Waals surface area contributed by atoms with E-state index in [1.165, 1.54) is 10.4 Å². The summed E-state index contributed by atoms with van der Waals surface area (Å²) in [6.07, 6.45) is 0.517. The predicted molar refractivity (Wildman–Crippen MR) is 138 cm³/mol. The van der Waals surface area contributed by atoms with Gasteiger partial charge in [0.05, 0.1) is 10.4 Å². The number of sulfonamides is 1. The number of nitrogens with one attached hydrogen (secondary N) is 1. The van der Waals surface area contributed by atoms with E-state index in [9.17, 15) is 13.2 Å². The summed E-state index contributed by atoms with van der Waals surface area (Å²) >= 11 is 6.24. The molecule has 0 radical (unpaired) electrons. The van der Waals surface area contributed by atoms with Crippen LogP contribution >= 0.6 is 11.6 Å². The third-order valence-corrected chi connectivity index (χ3v) is 8.39. The molecular formula is C27H27ClN2O3S. The van der Waals surface area contributed by atoms with Gasteiger partial charge in [0.15, 0.2) is 0 Å². The van der Waals surface area contributed by atoms with Crippen molar-refractivity contribution in [3.8, 4) is 0 Å². The number of fused-ring (bicyclic) bond motifs is 1. The maximum absolute atomic E-state index is 13.7. The summed E-state index contributed by atoms with van der Waals surface area (Å²) in [6, 6.07) is 20.2. The number of aromatic amines is 1. The third-order valence-electron chi connectivity index (χ3n) is 6.14. The van der Waals surface area contributed by atoms with Gasteiger partial charge in [0.1, 0.15) is 0 Å². The molecule has 176 valence electrons. The zero-order valence-electron chi connectivity index (χ0n) is 19.4. The summed E-state index contributed by atoms with van der Waals surface area (Å²) in [7, 11) is -3.90. The second-order valence-corrected chi connectivity index (χ2v) is 10.9. The smallest absolute Gasteiger partial charge is 0.252 e. The molecule has 1 aromatic heterocycles. The minimum Gasteiger partial charge on any atom is -0.321 e. The van der Waals surface area contributed by atoms with Crippen LogP contribution in [0.25, 0.3) is 10.9 Å². The zero-order valence-corrected chi connectivity index (χ0v) is 21.0. The quantitative estimate of drug-likeness (QED) is 0.366. The Morgan fingerprint density at radius 1 is 0.882 bits per heavy atom. The molecule has 0 spiro atoms. The Bertz CT molecular complexity index is 1510. The summed E-state index contributed by atoms with van der Waals surface area (Å²) in [4.78, 5) is 16.0. The second kappa shape index (κ2) is 9.74. The summed E-state index contributed by atoms with van der Waals surface area (Å²) in [5.74, 6) is 0. The van der Waals surface area contributed by atoms with Gasteiger partial charge in [0.2, 0.25) is 10.0 Å². The van der Waals surface area contributed by atoms with E-state index >= 15 is 0 Å². The highest BCUT2D eigenvalue weighted by Crippen LogP contribution is 2.25. The van der Waals surface area contributed by atoms with Crippen LogP contribution in [0.2, 0.25) is 5.02 Å². The molecule has 0 amide bonds. The van der Waals surface area contributed by atoms with Crippen LogP contribution in [0.5, 0.6) is 0 Å². The molecule has 7 heteroatoms. The first-order valence-corrected chi connectivity index (χ1v) is 12.9. The van der Waals surface area contributed by atoms with E-state index in [2.05, 4.69) is 4.98 Å². The van der Waals surface area contributed by atoms with E-state index in [4.69, 9.17) is 11.6 Å². The van der Waals surface area contributed by atoms with Gasteiger partial charge in [0, 0.05) is 29.1 Å². The fourth-order valence-electron chi connectivity index (χ4n) is 3.99. The maximum Gasteiger partial charge on any atom is 0.252 e. The summed E-state index contributed by atoms with van der Waals surface area (Å²) in [5, 5.41) is 1.30. The highest BCUT2D eigenvalue weighted by atomic mass is 35.5. The Kier molecular flexibility index (Phi) is 6.94. The molecule has 1 heterocycles. The van der Waals surface area contributed by atoms with Crippen molar-refractivity contribution in [3.05, 3.63) is 110 Å². The molecule has 4 aromatic rings. The Labute approximate surface area is 205 Å². The SMILES string of the molecule is Cc1ccc(S(=O)(=O)N(CCc2ccccc2)Cc2cc3c(C)ccc(C)c3[nH]c2=O)cc1Cl. The van der Waals surface area contributed by atoms with E-state index in [1.54, 1.807) is 12.1 Å². The van der Waals surface area contributed by atoms with Crippen molar-refractivity contribution in [2.45, 2.75) is 38.6 Å². The molecule has 0 saturated carbocycles. The van der Waals surface area contributed by atoms with Crippen LogP contribution in [-0.2, 0) is 23.0 Å². The van der Waals surface area contributed by atoms with Crippen molar-refractivity contribution in [1.82, 2.24) is 9.29 Å². The molecule has 0 aliphatic rings. The number of pyridine rings is 1. The number of aromatic nitrogens is 1. The Balaban J connectivity index is 1.76. The average Bonchev–Trinajstić information content (AvgIpc) is 2.82.